The first-order valence-corrected chi connectivity index (χ1v) is 8.87. The number of carbonyl (C=O) groups excluding carboxylic acids is 1. The quantitative estimate of drug-likeness (QED) is 0.532. The van der Waals surface area contributed by atoms with Crippen molar-refractivity contribution in [2.45, 2.75) is 13.3 Å². The van der Waals surface area contributed by atoms with Crippen LogP contribution in [0.4, 0.5) is 5.69 Å². The van der Waals surface area contributed by atoms with Crippen LogP contribution in [0.2, 0.25) is 0 Å². The molecule has 1 amide bonds. The van der Waals surface area contributed by atoms with E-state index >= 15 is 0 Å². The molecule has 0 atom stereocenters. The Kier molecular flexibility index (Phi) is 7.24. The fraction of sp³-hybridized carbons (Fsp3) is 0.200. The number of nitrogens with zero attached hydrogens (tertiary/aromatic N) is 1. The molecule has 0 bridgehead atoms. The minimum atomic E-state index is -0.401. The van der Waals surface area contributed by atoms with Gasteiger partial charge in [0, 0.05) is 22.9 Å². The predicted molar refractivity (Wildman–Crippen MR) is 106 cm³/mol. The Morgan fingerprint density at radius 1 is 1.27 bits per heavy atom. The van der Waals surface area contributed by atoms with E-state index in [1.54, 1.807) is 7.11 Å². The summed E-state index contributed by atoms with van der Waals surface area (Å²) in [7, 11) is 1.62. The van der Waals surface area contributed by atoms with E-state index in [0.29, 0.717) is 13.0 Å². The number of ether oxygens (including phenoxy) is 1. The van der Waals surface area contributed by atoms with Crippen LogP contribution in [0.1, 0.15) is 11.1 Å². The first-order valence-electron chi connectivity index (χ1n) is 8.07. The van der Waals surface area contributed by atoms with Crippen molar-refractivity contribution in [1.29, 1.82) is 5.26 Å². The van der Waals surface area contributed by atoms with Crippen molar-refractivity contribution in [1.82, 2.24) is 5.32 Å². The first-order chi connectivity index (χ1) is 12.5. The average molecular weight is 414 g/mol. The molecular formula is C20H20BrN3O2. The van der Waals surface area contributed by atoms with Crippen molar-refractivity contribution >= 4 is 27.5 Å². The van der Waals surface area contributed by atoms with Crippen LogP contribution in [-0.4, -0.2) is 19.6 Å². The summed E-state index contributed by atoms with van der Waals surface area (Å²) < 4.78 is 6.12. The van der Waals surface area contributed by atoms with Gasteiger partial charge in [-0.15, -0.1) is 0 Å². The van der Waals surface area contributed by atoms with Gasteiger partial charge >= 0.3 is 0 Å². The molecule has 0 saturated heterocycles. The average Bonchev–Trinajstić information content (AvgIpc) is 2.65. The lowest BCUT2D eigenvalue weighted by Crippen LogP contribution is -2.27. The molecule has 0 unspecified atom stereocenters. The van der Waals surface area contributed by atoms with Gasteiger partial charge in [-0.05, 0) is 54.8 Å². The van der Waals surface area contributed by atoms with Gasteiger partial charge in [0.25, 0.3) is 5.91 Å². The molecule has 0 aliphatic heterocycles. The smallest absolute Gasteiger partial charge is 0.263 e. The molecule has 0 saturated carbocycles. The topological polar surface area (TPSA) is 74.1 Å². The first kappa shape index (κ1) is 19.5. The Labute approximate surface area is 161 Å². The standard InChI is InChI=1S/C20H20BrN3O2/c1-14-11-17(5-8-19(14)21)24-13-16(12-22)20(25)23-10-9-15-3-6-18(26-2)7-4-15/h3-8,11,13,24H,9-10H2,1-2H3,(H,23,25)/b16-13-. The maximum absolute atomic E-state index is 12.1. The van der Waals surface area contributed by atoms with Gasteiger partial charge in [0.05, 0.1) is 7.11 Å². The molecule has 2 N–H and O–H groups in total. The Bertz CT molecular complexity index is 839. The zero-order chi connectivity index (χ0) is 18.9. The Hall–Kier alpha value is -2.78. The number of hydrogen-bond donors (Lipinski definition) is 2. The van der Waals surface area contributed by atoms with Crippen molar-refractivity contribution in [3.05, 3.63) is 69.8 Å². The molecule has 0 radical (unpaired) electrons. The van der Waals surface area contributed by atoms with Crippen LogP contribution in [0.25, 0.3) is 0 Å². The molecule has 2 aromatic carbocycles. The van der Waals surface area contributed by atoms with Gasteiger partial charge in [0.1, 0.15) is 17.4 Å². The lowest BCUT2D eigenvalue weighted by Gasteiger charge is -2.07. The van der Waals surface area contributed by atoms with Crippen LogP contribution in [0.5, 0.6) is 5.75 Å². The van der Waals surface area contributed by atoms with Gasteiger partial charge in [-0.25, -0.2) is 0 Å². The fourth-order valence-corrected chi connectivity index (χ4v) is 2.49. The van der Waals surface area contributed by atoms with E-state index in [1.807, 2.05) is 55.5 Å². The van der Waals surface area contributed by atoms with Crippen molar-refractivity contribution < 1.29 is 9.53 Å². The Balaban J connectivity index is 1.88. The molecule has 0 aromatic heterocycles. The summed E-state index contributed by atoms with van der Waals surface area (Å²) in [5.74, 6) is 0.393. The normalized spacial score (nSPS) is 10.8. The third-order valence-electron chi connectivity index (χ3n) is 3.76. The lowest BCUT2D eigenvalue weighted by molar-refractivity contribution is -0.117. The second kappa shape index (κ2) is 9.64. The molecule has 6 heteroatoms. The van der Waals surface area contributed by atoms with Crippen LogP contribution in [0.15, 0.2) is 58.7 Å². The molecule has 2 rings (SSSR count). The molecule has 134 valence electrons. The summed E-state index contributed by atoms with van der Waals surface area (Å²) >= 11 is 3.44. The van der Waals surface area contributed by atoms with Crippen molar-refractivity contribution in [2.24, 2.45) is 0 Å². The lowest BCUT2D eigenvalue weighted by atomic mass is 10.1. The summed E-state index contributed by atoms with van der Waals surface area (Å²) in [4.78, 5) is 12.1. The third-order valence-corrected chi connectivity index (χ3v) is 4.65. The molecule has 0 spiro atoms. The monoisotopic (exact) mass is 413 g/mol. The number of nitriles is 1. The summed E-state index contributed by atoms with van der Waals surface area (Å²) in [6, 6.07) is 15.3. The highest BCUT2D eigenvalue weighted by Crippen LogP contribution is 2.20. The van der Waals surface area contributed by atoms with E-state index in [-0.39, 0.29) is 5.57 Å². The fourth-order valence-electron chi connectivity index (χ4n) is 2.25. The Morgan fingerprint density at radius 3 is 2.62 bits per heavy atom. The molecule has 5 nitrogen and oxygen atoms in total. The SMILES string of the molecule is COc1ccc(CCNC(=O)/C(C#N)=C\Nc2ccc(Br)c(C)c2)cc1. The molecule has 0 heterocycles. The number of methoxy groups -OCH3 is 1. The predicted octanol–water partition coefficient (Wildman–Crippen LogP) is 3.94. The van der Waals surface area contributed by atoms with E-state index in [1.165, 1.54) is 6.20 Å². The maximum atomic E-state index is 12.1. The number of rotatable bonds is 7. The number of amides is 1. The number of nitrogens with one attached hydrogen (secondary N) is 2. The summed E-state index contributed by atoms with van der Waals surface area (Å²) in [6.07, 6.45) is 2.10. The number of anilines is 1. The van der Waals surface area contributed by atoms with Crippen molar-refractivity contribution in [3.63, 3.8) is 0 Å². The van der Waals surface area contributed by atoms with E-state index in [9.17, 15) is 10.1 Å². The number of hydrogen-bond acceptors (Lipinski definition) is 4. The van der Waals surface area contributed by atoms with Gasteiger partial charge in [0.15, 0.2) is 0 Å². The minimum absolute atomic E-state index is 0.0281. The summed E-state index contributed by atoms with van der Waals surface area (Å²) in [5, 5.41) is 15.0. The highest BCUT2D eigenvalue weighted by atomic mass is 79.9. The molecule has 0 fully saturated rings. The van der Waals surface area contributed by atoms with E-state index in [4.69, 9.17) is 4.74 Å². The molecular weight excluding hydrogens is 394 g/mol. The van der Waals surface area contributed by atoms with E-state index in [2.05, 4.69) is 26.6 Å². The maximum Gasteiger partial charge on any atom is 0.263 e. The molecule has 0 aliphatic carbocycles. The number of halogens is 1. The highest BCUT2D eigenvalue weighted by molar-refractivity contribution is 9.10. The highest BCUT2D eigenvalue weighted by Gasteiger charge is 2.08. The zero-order valence-electron chi connectivity index (χ0n) is 14.7. The number of benzene rings is 2. The minimum Gasteiger partial charge on any atom is -0.497 e. The van der Waals surface area contributed by atoms with Gasteiger partial charge in [-0.3, -0.25) is 4.79 Å². The number of carbonyl (C=O) groups is 1. The van der Waals surface area contributed by atoms with Gasteiger partial charge in [0.2, 0.25) is 0 Å². The van der Waals surface area contributed by atoms with Crippen molar-refractivity contribution in [2.75, 3.05) is 19.0 Å². The van der Waals surface area contributed by atoms with E-state index in [0.717, 1.165) is 27.0 Å². The summed E-state index contributed by atoms with van der Waals surface area (Å²) in [5.41, 5.74) is 2.98. The van der Waals surface area contributed by atoms with Crippen LogP contribution in [0, 0.1) is 18.3 Å². The second-order valence-electron chi connectivity index (χ2n) is 5.63. The third kappa shape index (κ3) is 5.64. The largest absolute Gasteiger partial charge is 0.497 e. The van der Waals surface area contributed by atoms with Crippen LogP contribution < -0.4 is 15.4 Å². The van der Waals surface area contributed by atoms with E-state index < -0.39 is 5.91 Å². The zero-order valence-corrected chi connectivity index (χ0v) is 16.3. The Morgan fingerprint density at radius 2 is 2.00 bits per heavy atom. The summed E-state index contributed by atoms with van der Waals surface area (Å²) in [6.45, 7) is 2.41. The van der Waals surface area contributed by atoms with Crippen LogP contribution in [-0.2, 0) is 11.2 Å². The molecule has 26 heavy (non-hydrogen) atoms. The van der Waals surface area contributed by atoms with Gasteiger partial charge in [-0.1, -0.05) is 28.1 Å². The molecule has 2 aromatic rings. The van der Waals surface area contributed by atoms with Crippen LogP contribution in [0.3, 0.4) is 0 Å². The number of aryl methyl sites for hydroxylation is 1. The van der Waals surface area contributed by atoms with Crippen LogP contribution >= 0.6 is 15.9 Å². The second-order valence-corrected chi connectivity index (χ2v) is 6.49. The van der Waals surface area contributed by atoms with Gasteiger partial charge < -0.3 is 15.4 Å². The molecule has 0 aliphatic rings. The van der Waals surface area contributed by atoms with Crippen molar-refractivity contribution in [3.8, 4) is 11.8 Å². The van der Waals surface area contributed by atoms with Gasteiger partial charge in [-0.2, -0.15) is 5.26 Å².